The molecular weight excluding hydrogens is 808 g/mol. The molecule has 0 heterocycles. The van der Waals surface area contributed by atoms with Crippen LogP contribution >= 0.6 is 11.8 Å². The quantitative estimate of drug-likeness (QED) is 0.0535. The zero-order valence-electron chi connectivity index (χ0n) is 28.2. The molecule has 0 saturated carbocycles. The minimum absolute atomic E-state index is 0.00873. The van der Waals surface area contributed by atoms with Gasteiger partial charge in [-0.25, -0.2) is 8.42 Å². The summed E-state index contributed by atoms with van der Waals surface area (Å²) >= 11 is 1.68. The fourth-order valence-corrected chi connectivity index (χ4v) is 8.06. The summed E-state index contributed by atoms with van der Waals surface area (Å²) in [6, 6.07) is 42.2. The van der Waals surface area contributed by atoms with Gasteiger partial charge >= 0.3 is 23.3 Å². The van der Waals surface area contributed by atoms with E-state index in [1.165, 1.54) is 9.79 Å². The Morgan fingerprint density at radius 1 is 0.618 bits per heavy atom. The van der Waals surface area contributed by atoms with Gasteiger partial charge in [-0.15, -0.1) is 0 Å². The Morgan fingerprint density at radius 2 is 1.09 bits per heavy atom. The summed E-state index contributed by atoms with van der Waals surface area (Å²) in [6.45, 7) is 0. The number of ether oxygens (including phenoxy) is 2. The molecule has 6 nitrogen and oxygen atoms in total. The standard InChI is InChI=1S/C33H27O3S2.C4HF9O3S/c1-35-26-17-22-32(31(23-26)36-2)38(29-11-7-4-8-12-29)30-20-15-25(16-21-30)33(34)24-13-18-28(19-14-24)37-27-9-5-3-6-10-27;5-1(6,3(9,10)11)2(7,8)4(12,13)17(14,15)16/h3-23H,1-2H3;(H,14,15,16)/q+1;/p-1. The molecule has 0 fully saturated rings. The molecule has 18 heteroatoms. The lowest BCUT2D eigenvalue weighted by Crippen LogP contribution is -2.63. The van der Waals surface area contributed by atoms with Crippen molar-refractivity contribution < 1.29 is 66.8 Å². The molecule has 0 amide bonds. The van der Waals surface area contributed by atoms with E-state index < -0.39 is 44.3 Å². The lowest BCUT2D eigenvalue weighted by molar-refractivity contribution is -0.382. The van der Waals surface area contributed by atoms with Gasteiger partial charge in [0, 0.05) is 33.1 Å². The number of benzene rings is 5. The van der Waals surface area contributed by atoms with Crippen molar-refractivity contribution in [2.45, 2.75) is 47.8 Å². The zero-order chi connectivity index (χ0) is 40.8. The van der Waals surface area contributed by atoms with E-state index in [9.17, 15) is 57.3 Å². The van der Waals surface area contributed by atoms with E-state index in [2.05, 4.69) is 30.3 Å². The average molecular weight is 835 g/mol. The number of ketones is 1. The van der Waals surface area contributed by atoms with E-state index in [-0.39, 0.29) is 5.78 Å². The third-order valence-electron chi connectivity index (χ3n) is 7.45. The lowest BCUT2D eigenvalue weighted by Gasteiger charge is -2.34. The number of halogens is 9. The molecule has 0 radical (unpaired) electrons. The normalized spacial score (nSPS) is 12.9. The molecule has 0 saturated heterocycles. The van der Waals surface area contributed by atoms with Gasteiger partial charge in [0.05, 0.1) is 14.2 Å². The van der Waals surface area contributed by atoms with Crippen LogP contribution in [0, 0.1) is 0 Å². The highest BCUT2D eigenvalue weighted by Gasteiger charge is 2.83. The van der Waals surface area contributed by atoms with Crippen LogP contribution in [0.25, 0.3) is 0 Å². The highest BCUT2D eigenvalue weighted by Crippen LogP contribution is 2.54. The average Bonchev–Trinajstić information content (AvgIpc) is 3.15. The molecule has 55 heavy (non-hydrogen) atoms. The third-order valence-corrected chi connectivity index (χ3v) is 11.6. The fourth-order valence-electron chi connectivity index (χ4n) is 4.62. The van der Waals surface area contributed by atoms with Crippen LogP contribution in [0.2, 0.25) is 0 Å². The predicted molar refractivity (Wildman–Crippen MR) is 186 cm³/mol. The molecular formula is C37H27F9O6S3. The van der Waals surface area contributed by atoms with Gasteiger partial charge in [0.15, 0.2) is 31.4 Å². The van der Waals surface area contributed by atoms with Gasteiger partial charge in [-0.1, -0.05) is 48.2 Å². The maximum absolute atomic E-state index is 13.3. The summed E-state index contributed by atoms with van der Waals surface area (Å²) < 4.78 is 147. The molecule has 0 N–H and O–H groups in total. The molecule has 0 aromatic heterocycles. The highest BCUT2D eigenvalue weighted by molar-refractivity contribution is 7.99. The molecule has 5 aromatic rings. The van der Waals surface area contributed by atoms with Gasteiger partial charge in [-0.05, 0) is 78.9 Å². The summed E-state index contributed by atoms with van der Waals surface area (Å²) in [6.07, 6.45) is -7.16. The van der Waals surface area contributed by atoms with Crippen LogP contribution in [0.15, 0.2) is 152 Å². The highest BCUT2D eigenvalue weighted by atomic mass is 32.2. The monoisotopic (exact) mass is 834 g/mol. The second-order valence-corrected chi connectivity index (χ2v) is 15.6. The molecule has 5 rings (SSSR count). The van der Waals surface area contributed by atoms with Crippen molar-refractivity contribution in [3.8, 4) is 11.5 Å². The minimum atomic E-state index is -7.43. The van der Waals surface area contributed by atoms with E-state index in [0.717, 1.165) is 26.2 Å². The first-order valence-electron chi connectivity index (χ1n) is 15.3. The number of alkyl halides is 9. The minimum Gasteiger partial charge on any atom is -0.743 e. The number of hydrogen-bond donors (Lipinski definition) is 0. The molecule has 1 unspecified atom stereocenters. The number of rotatable bonds is 12. The van der Waals surface area contributed by atoms with Crippen molar-refractivity contribution in [3.05, 3.63) is 139 Å². The maximum atomic E-state index is 13.3. The summed E-state index contributed by atoms with van der Waals surface area (Å²) in [5.41, 5.74) is 1.34. The van der Waals surface area contributed by atoms with E-state index in [1.54, 1.807) is 26.0 Å². The van der Waals surface area contributed by atoms with E-state index in [4.69, 9.17) is 9.47 Å². The van der Waals surface area contributed by atoms with Gasteiger partial charge in [0.1, 0.15) is 16.6 Å². The fraction of sp³-hybridized carbons (Fsp3) is 0.162. The maximum Gasteiger partial charge on any atom is 0.460 e. The second-order valence-electron chi connectivity index (χ2n) is 11.0. The summed E-state index contributed by atoms with van der Waals surface area (Å²) in [7, 11) is -4.51. The van der Waals surface area contributed by atoms with Crippen LogP contribution in [-0.4, -0.2) is 56.2 Å². The molecule has 0 spiro atoms. The van der Waals surface area contributed by atoms with Crippen LogP contribution < -0.4 is 9.47 Å². The van der Waals surface area contributed by atoms with Crippen LogP contribution in [0.5, 0.6) is 11.5 Å². The van der Waals surface area contributed by atoms with Crippen molar-refractivity contribution in [3.63, 3.8) is 0 Å². The van der Waals surface area contributed by atoms with E-state index in [1.807, 2.05) is 97.1 Å². The smallest absolute Gasteiger partial charge is 0.460 e. The molecule has 5 aromatic carbocycles. The molecule has 1 atom stereocenters. The molecule has 0 bridgehead atoms. The predicted octanol–water partition coefficient (Wildman–Crippen LogP) is 10.1. The lowest BCUT2D eigenvalue weighted by atomic mass is 10.0. The Labute approximate surface area is 316 Å². The van der Waals surface area contributed by atoms with Crippen molar-refractivity contribution in [1.82, 2.24) is 0 Å². The van der Waals surface area contributed by atoms with E-state index >= 15 is 0 Å². The van der Waals surface area contributed by atoms with Gasteiger partial charge < -0.3 is 14.0 Å². The molecule has 292 valence electrons. The van der Waals surface area contributed by atoms with Gasteiger partial charge in [0.25, 0.3) is 0 Å². The van der Waals surface area contributed by atoms with Gasteiger partial charge in [-0.3, -0.25) is 4.79 Å². The largest absolute Gasteiger partial charge is 0.743 e. The Balaban J connectivity index is 0.000000335. The van der Waals surface area contributed by atoms with Crippen molar-refractivity contribution in [2.75, 3.05) is 14.2 Å². The summed E-state index contributed by atoms with van der Waals surface area (Å²) in [5.74, 6) is -13.3. The number of hydrogen-bond acceptors (Lipinski definition) is 7. The Bertz CT molecular complexity index is 2170. The third kappa shape index (κ3) is 9.42. The zero-order valence-corrected chi connectivity index (χ0v) is 30.6. The van der Waals surface area contributed by atoms with Crippen LogP contribution in [-0.2, 0) is 21.0 Å². The van der Waals surface area contributed by atoms with Crippen LogP contribution in [0.4, 0.5) is 39.5 Å². The second kappa shape index (κ2) is 17.0. The number of carbonyl (C=O) groups is 1. The Morgan fingerprint density at radius 3 is 1.56 bits per heavy atom. The first-order valence-corrected chi connectivity index (χ1v) is 18.8. The SMILES string of the molecule is COc1ccc([S+](c2ccccc2)c2ccc(C(=O)c3ccc(Sc4ccccc4)cc3)cc2)c(OC)c1.O=S(=O)([O-])C(F)(F)C(F)(F)C(F)(F)C(F)(F)F. The Hall–Kier alpha value is -4.65. The van der Waals surface area contributed by atoms with Crippen molar-refractivity contribution >= 4 is 38.6 Å². The van der Waals surface area contributed by atoms with Crippen molar-refractivity contribution in [2.24, 2.45) is 0 Å². The van der Waals surface area contributed by atoms with Crippen molar-refractivity contribution in [1.29, 1.82) is 0 Å². The van der Waals surface area contributed by atoms with Gasteiger partial charge in [-0.2, -0.15) is 39.5 Å². The molecule has 0 aliphatic rings. The van der Waals surface area contributed by atoms with Crippen LogP contribution in [0.1, 0.15) is 15.9 Å². The number of carbonyl (C=O) groups excluding carboxylic acids is 1. The number of methoxy groups -OCH3 is 2. The summed E-state index contributed by atoms with van der Waals surface area (Å²) in [4.78, 5) is 18.9. The van der Waals surface area contributed by atoms with Crippen LogP contribution in [0.3, 0.4) is 0 Å². The first kappa shape index (κ1) is 43.1. The summed E-state index contributed by atoms with van der Waals surface area (Å²) in [5, 5.41) is -7.11. The molecule has 0 aliphatic carbocycles. The van der Waals surface area contributed by atoms with E-state index in [0.29, 0.717) is 11.1 Å². The van der Waals surface area contributed by atoms with Gasteiger partial charge in [0.2, 0.25) is 4.90 Å². The first-order chi connectivity index (χ1) is 25.7. The topological polar surface area (TPSA) is 92.7 Å². The molecule has 0 aliphatic heterocycles. The Kier molecular flexibility index (Phi) is 13.3.